The number of aromatic nitrogens is 2. The van der Waals surface area contributed by atoms with Crippen molar-refractivity contribution in [1.29, 1.82) is 0 Å². The number of aryl methyl sites for hydroxylation is 1. The standard InChI is InChI=1S/C26H31BrN4O3/c1-3-30(18-19-10-6-4-7-11-19)26(33)34-21-14-16-31(17-15-21)23(20-12-8-5-9-13-20)24-22(27)25(32)28-29(24)2/h4-13,21,23H,3,14-18H2,1-2H3,(H,28,32). The SMILES string of the molecule is CCN(Cc1ccccc1)C(=O)OC1CCN(C(c2ccccc2)c2c(Br)c(=O)[nH]n2C)CC1. The molecule has 0 bridgehead atoms. The van der Waals surface area contributed by atoms with Gasteiger partial charge in [0.25, 0.3) is 5.56 Å². The van der Waals surface area contributed by atoms with Gasteiger partial charge in [-0.25, -0.2) is 4.79 Å². The largest absolute Gasteiger partial charge is 0.446 e. The molecule has 1 unspecified atom stereocenters. The summed E-state index contributed by atoms with van der Waals surface area (Å²) in [7, 11) is 1.86. The van der Waals surface area contributed by atoms with Gasteiger partial charge in [-0.2, -0.15) is 0 Å². The molecule has 0 radical (unpaired) electrons. The van der Waals surface area contributed by atoms with Gasteiger partial charge in [-0.3, -0.25) is 19.5 Å². The average Bonchev–Trinajstić information content (AvgIpc) is 3.11. The maximum atomic E-state index is 12.8. The number of carbonyl (C=O) groups is 1. The van der Waals surface area contributed by atoms with Crippen LogP contribution in [0.2, 0.25) is 0 Å². The molecule has 1 aromatic heterocycles. The van der Waals surface area contributed by atoms with Crippen LogP contribution < -0.4 is 5.56 Å². The van der Waals surface area contributed by atoms with E-state index in [4.69, 9.17) is 4.74 Å². The number of likely N-dealkylation sites (tertiary alicyclic amines) is 1. The Balaban J connectivity index is 1.43. The fourth-order valence-corrected chi connectivity index (χ4v) is 5.16. The molecule has 0 aliphatic carbocycles. The Morgan fingerprint density at radius 2 is 1.74 bits per heavy atom. The topological polar surface area (TPSA) is 70.6 Å². The van der Waals surface area contributed by atoms with E-state index in [0.29, 0.717) is 17.6 Å². The highest BCUT2D eigenvalue weighted by Gasteiger charge is 2.33. The molecule has 1 atom stereocenters. The zero-order chi connectivity index (χ0) is 24.1. The van der Waals surface area contributed by atoms with Gasteiger partial charge in [-0.1, -0.05) is 60.7 Å². The number of halogens is 1. The third kappa shape index (κ3) is 5.45. The predicted molar refractivity (Wildman–Crippen MR) is 136 cm³/mol. The van der Waals surface area contributed by atoms with Crippen molar-refractivity contribution in [2.75, 3.05) is 19.6 Å². The summed E-state index contributed by atoms with van der Waals surface area (Å²) >= 11 is 3.50. The van der Waals surface area contributed by atoms with Gasteiger partial charge in [-0.05, 0) is 46.8 Å². The van der Waals surface area contributed by atoms with Crippen molar-refractivity contribution in [2.45, 2.75) is 38.5 Å². The first kappa shape index (κ1) is 24.3. The highest BCUT2D eigenvalue weighted by atomic mass is 79.9. The molecule has 4 rings (SSSR count). The van der Waals surface area contributed by atoms with Crippen LogP contribution in [0.3, 0.4) is 0 Å². The Morgan fingerprint density at radius 1 is 1.12 bits per heavy atom. The maximum absolute atomic E-state index is 12.8. The van der Waals surface area contributed by atoms with E-state index in [1.165, 1.54) is 0 Å². The van der Waals surface area contributed by atoms with Crippen LogP contribution >= 0.6 is 15.9 Å². The minimum Gasteiger partial charge on any atom is -0.446 e. The number of hydrogen-bond acceptors (Lipinski definition) is 4. The maximum Gasteiger partial charge on any atom is 0.410 e. The lowest BCUT2D eigenvalue weighted by atomic mass is 9.98. The molecule has 1 aliphatic rings. The number of hydrogen-bond donors (Lipinski definition) is 1. The number of aromatic amines is 1. The summed E-state index contributed by atoms with van der Waals surface area (Å²) in [5.41, 5.74) is 2.96. The van der Waals surface area contributed by atoms with Gasteiger partial charge in [-0.15, -0.1) is 0 Å². The van der Waals surface area contributed by atoms with Crippen molar-refractivity contribution in [1.82, 2.24) is 19.6 Å². The van der Waals surface area contributed by atoms with Crippen molar-refractivity contribution >= 4 is 22.0 Å². The predicted octanol–water partition coefficient (Wildman–Crippen LogP) is 4.69. The average molecular weight is 527 g/mol. The minimum absolute atomic E-state index is 0.0820. The second-order valence-corrected chi connectivity index (χ2v) is 9.42. The van der Waals surface area contributed by atoms with E-state index in [9.17, 15) is 9.59 Å². The van der Waals surface area contributed by atoms with E-state index in [1.54, 1.807) is 9.58 Å². The van der Waals surface area contributed by atoms with E-state index < -0.39 is 0 Å². The Labute approximate surface area is 208 Å². The van der Waals surface area contributed by atoms with Gasteiger partial charge in [0.15, 0.2) is 0 Å². The number of amides is 1. The van der Waals surface area contributed by atoms with Crippen molar-refractivity contribution in [3.8, 4) is 0 Å². The lowest BCUT2D eigenvalue weighted by Crippen LogP contribution is -2.42. The van der Waals surface area contributed by atoms with Gasteiger partial charge >= 0.3 is 6.09 Å². The summed E-state index contributed by atoms with van der Waals surface area (Å²) in [6.07, 6.45) is 1.10. The molecule has 2 heterocycles. The Hall–Kier alpha value is -2.84. The summed E-state index contributed by atoms with van der Waals surface area (Å²) in [5.74, 6) is 0. The number of benzene rings is 2. The molecule has 8 heteroatoms. The molecule has 0 spiro atoms. The molecule has 3 aromatic rings. The molecule has 1 fully saturated rings. The molecule has 1 saturated heterocycles. The number of rotatable bonds is 7. The molecular weight excluding hydrogens is 496 g/mol. The lowest BCUT2D eigenvalue weighted by Gasteiger charge is -2.38. The normalized spacial score (nSPS) is 15.7. The van der Waals surface area contributed by atoms with Crippen LogP contribution in [0.15, 0.2) is 69.9 Å². The Bertz CT molecular complexity index is 1140. The van der Waals surface area contributed by atoms with E-state index in [1.807, 2.05) is 62.5 Å². The summed E-state index contributed by atoms with van der Waals surface area (Å²) in [4.78, 5) is 29.2. The zero-order valence-corrected chi connectivity index (χ0v) is 21.2. The van der Waals surface area contributed by atoms with E-state index in [2.05, 4.69) is 38.1 Å². The molecule has 1 amide bonds. The number of H-pyrrole nitrogens is 1. The van der Waals surface area contributed by atoms with Crippen LogP contribution in [-0.2, 0) is 18.3 Å². The summed E-state index contributed by atoms with van der Waals surface area (Å²) < 4.78 is 8.24. The Kier molecular flexibility index (Phi) is 7.90. The van der Waals surface area contributed by atoms with Crippen molar-refractivity contribution < 1.29 is 9.53 Å². The van der Waals surface area contributed by atoms with E-state index in [0.717, 1.165) is 42.8 Å². The van der Waals surface area contributed by atoms with Crippen molar-refractivity contribution in [3.63, 3.8) is 0 Å². The second kappa shape index (κ2) is 11.1. The summed E-state index contributed by atoms with van der Waals surface area (Å²) in [5, 5.41) is 2.85. The molecule has 1 aliphatic heterocycles. The highest BCUT2D eigenvalue weighted by Crippen LogP contribution is 2.34. The van der Waals surface area contributed by atoms with Crippen LogP contribution in [0, 0.1) is 0 Å². The van der Waals surface area contributed by atoms with Crippen LogP contribution in [0.1, 0.15) is 42.6 Å². The molecule has 7 nitrogen and oxygen atoms in total. The van der Waals surface area contributed by atoms with Gasteiger partial charge in [0.05, 0.1) is 11.7 Å². The molecule has 1 N–H and O–H groups in total. The first-order chi connectivity index (χ1) is 16.5. The summed E-state index contributed by atoms with van der Waals surface area (Å²) in [6, 6.07) is 20.1. The molecule has 2 aromatic carbocycles. The van der Waals surface area contributed by atoms with E-state index >= 15 is 0 Å². The lowest BCUT2D eigenvalue weighted by molar-refractivity contribution is 0.0215. The minimum atomic E-state index is -0.264. The second-order valence-electron chi connectivity index (χ2n) is 8.63. The van der Waals surface area contributed by atoms with Crippen LogP contribution in [0.4, 0.5) is 4.79 Å². The number of ether oxygens (including phenoxy) is 1. The van der Waals surface area contributed by atoms with Crippen LogP contribution in [0.5, 0.6) is 0 Å². The third-order valence-electron chi connectivity index (χ3n) is 6.39. The third-order valence-corrected chi connectivity index (χ3v) is 7.16. The fourth-order valence-electron chi connectivity index (χ4n) is 4.58. The zero-order valence-electron chi connectivity index (χ0n) is 19.6. The number of nitrogens with one attached hydrogen (secondary N) is 1. The first-order valence-electron chi connectivity index (χ1n) is 11.7. The molecule has 0 saturated carbocycles. The molecular formula is C26H31BrN4O3. The summed E-state index contributed by atoms with van der Waals surface area (Å²) in [6.45, 7) is 4.62. The molecule has 34 heavy (non-hydrogen) atoms. The monoisotopic (exact) mass is 526 g/mol. The van der Waals surface area contributed by atoms with Gasteiger partial charge in [0.1, 0.15) is 10.6 Å². The number of piperidine rings is 1. The number of carbonyl (C=O) groups excluding carboxylic acids is 1. The van der Waals surface area contributed by atoms with Gasteiger partial charge < -0.3 is 9.64 Å². The Morgan fingerprint density at radius 3 is 2.29 bits per heavy atom. The first-order valence-corrected chi connectivity index (χ1v) is 12.5. The van der Waals surface area contributed by atoms with Gasteiger partial charge in [0.2, 0.25) is 0 Å². The van der Waals surface area contributed by atoms with Crippen molar-refractivity contribution in [2.24, 2.45) is 7.05 Å². The van der Waals surface area contributed by atoms with Crippen LogP contribution in [0.25, 0.3) is 0 Å². The smallest absolute Gasteiger partial charge is 0.410 e. The van der Waals surface area contributed by atoms with Gasteiger partial charge in [0, 0.05) is 33.2 Å². The van der Waals surface area contributed by atoms with Crippen LogP contribution in [-0.4, -0.2) is 51.4 Å². The molecule has 180 valence electrons. The number of nitrogens with zero attached hydrogens (tertiary/aromatic N) is 3. The van der Waals surface area contributed by atoms with E-state index in [-0.39, 0.29) is 23.8 Å². The van der Waals surface area contributed by atoms with Crippen molar-refractivity contribution in [3.05, 3.63) is 92.3 Å². The highest BCUT2D eigenvalue weighted by molar-refractivity contribution is 9.10. The quantitative estimate of drug-likeness (QED) is 0.484. The fraction of sp³-hybridized carbons (Fsp3) is 0.385.